The van der Waals surface area contributed by atoms with E-state index in [2.05, 4.69) is 27.2 Å². The predicted molar refractivity (Wildman–Crippen MR) is 95.2 cm³/mol. The maximum Gasteiger partial charge on any atom is 0.258 e. The first-order valence-corrected chi connectivity index (χ1v) is 8.75. The molecule has 2 aromatic rings. The van der Waals surface area contributed by atoms with Crippen LogP contribution in [0.1, 0.15) is 30.1 Å². The Hall–Kier alpha value is -2.54. The fourth-order valence-corrected chi connectivity index (χ4v) is 3.05. The van der Waals surface area contributed by atoms with Gasteiger partial charge in [0.2, 0.25) is 0 Å². The van der Waals surface area contributed by atoms with E-state index >= 15 is 0 Å². The maximum absolute atomic E-state index is 12.9. The number of carbonyl (C=O) groups is 1. The molecule has 0 saturated carbocycles. The summed E-state index contributed by atoms with van der Waals surface area (Å²) in [4.78, 5) is 23.2. The molecule has 0 spiro atoms. The van der Waals surface area contributed by atoms with Gasteiger partial charge < -0.3 is 15.0 Å². The number of aromatic nitrogens is 2. The first-order valence-electron chi connectivity index (χ1n) is 8.75. The molecule has 1 fully saturated rings. The molecule has 0 radical (unpaired) electrons. The summed E-state index contributed by atoms with van der Waals surface area (Å²) in [6, 6.07) is 5.56. The van der Waals surface area contributed by atoms with E-state index in [9.17, 15) is 9.18 Å². The van der Waals surface area contributed by atoms with E-state index in [1.807, 2.05) is 0 Å². The van der Waals surface area contributed by atoms with Crippen LogP contribution in [0.4, 0.5) is 4.39 Å². The molecule has 1 aliphatic rings. The number of rotatable bonds is 6. The number of amides is 1. The second-order valence-electron chi connectivity index (χ2n) is 6.49. The van der Waals surface area contributed by atoms with E-state index in [0.29, 0.717) is 18.2 Å². The third-order valence-corrected chi connectivity index (χ3v) is 4.55. The van der Waals surface area contributed by atoms with Gasteiger partial charge in [-0.1, -0.05) is 0 Å². The molecule has 138 valence electrons. The highest BCUT2D eigenvalue weighted by molar-refractivity contribution is 5.77. The molecule has 1 aromatic carbocycles. The Balaban J connectivity index is 1.52. The Bertz CT molecular complexity index is 731. The maximum atomic E-state index is 12.9. The van der Waals surface area contributed by atoms with Crippen LogP contribution in [0.5, 0.6) is 5.75 Å². The molecule has 1 aliphatic heterocycles. The van der Waals surface area contributed by atoms with Crippen LogP contribution in [-0.4, -0.2) is 47.5 Å². The van der Waals surface area contributed by atoms with Gasteiger partial charge in [0.05, 0.1) is 17.9 Å². The number of hydrogen-bond donors (Lipinski definition) is 1. The molecule has 7 heteroatoms. The Morgan fingerprint density at radius 3 is 2.65 bits per heavy atom. The van der Waals surface area contributed by atoms with E-state index < -0.39 is 0 Å². The predicted octanol–water partition coefficient (Wildman–Crippen LogP) is 2.12. The number of carbonyl (C=O) groups excluding carboxylic acids is 1. The van der Waals surface area contributed by atoms with Crippen molar-refractivity contribution in [2.75, 3.05) is 26.7 Å². The number of benzene rings is 1. The van der Waals surface area contributed by atoms with Crippen LogP contribution in [-0.2, 0) is 11.3 Å². The SMILES string of the molecule is CN1CCC(c2nccnc2CNC(=O)COc2ccc(F)cc2)CC1. The van der Waals surface area contributed by atoms with E-state index in [4.69, 9.17) is 4.74 Å². The molecule has 0 bridgehead atoms. The fraction of sp³-hybridized carbons (Fsp3) is 0.421. The minimum atomic E-state index is -0.342. The molecule has 1 N–H and O–H groups in total. The van der Waals surface area contributed by atoms with Gasteiger partial charge in [-0.3, -0.25) is 14.8 Å². The van der Waals surface area contributed by atoms with E-state index in [0.717, 1.165) is 37.3 Å². The van der Waals surface area contributed by atoms with E-state index in [1.165, 1.54) is 24.3 Å². The largest absolute Gasteiger partial charge is 0.484 e. The number of nitrogens with zero attached hydrogens (tertiary/aromatic N) is 3. The van der Waals surface area contributed by atoms with Crippen molar-refractivity contribution in [2.45, 2.75) is 25.3 Å². The lowest BCUT2D eigenvalue weighted by molar-refractivity contribution is -0.123. The minimum absolute atomic E-state index is 0.130. The number of likely N-dealkylation sites (tertiary alicyclic amines) is 1. The number of piperidine rings is 1. The second-order valence-corrected chi connectivity index (χ2v) is 6.49. The van der Waals surface area contributed by atoms with Crippen LogP contribution in [0, 0.1) is 5.82 Å². The summed E-state index contributed by atoms with van der Waals surface area (Å²) < 4.78 is 18.2. The average Bonchev–Trinajstić information content (AvgIpc) is 2.67. The number of ether oxygens (including phenoxy) is 1. The average molecular weight is 358 g/mol. The molecule has 1 amide bonds. The van der Waals surface area contributed by atoms with Crippen LogP contribution >= 0.6 is 0 Å². The Kier molecular flexibility index (Phi) is 6.12. The van der Waals surface area contributed by atoms with Crippen molar-refractivity contribution < 1.29 is 13.9 Å². The Morgan fingerprint density at radius 1 is 1.23 bits per heavy atom. The van der Waals surface area contributed by atoms with Gasteiger partial charge in [0.15, 0.2) is 6.61 Å². The van der Waals surface area contributed by atoms with Gasteiger partial charge in [0.25, 0.3) is 5.91 Å². The molecule has 0 unspecified atom stereocenters. The highest BCUT2D eigenvalue weighted by Crippen LogP contribution is 2.27. The van der Waals surface area contributed by atoms with Crippen molar-refractivity contribution in [3.63, 3.8) is 0 Å². The topological polar surface area (TPSA) is 67.4 Å². The molecule has 0 aliphatic carbocycles. The fourth-order valence-electron chi connectivity index (χ4n) is 3.05. The van der Waals surface area contributed by atoms with Crippen molar-refractivity contribution in [3.05, 3.63) is 53.9 Å². The van der Waals surface area contributed by atoms with Crippen LogP contribution in [0.2, 0.25) is 0 Å². The van der Waals surface area contributed by atoms with Crippen molar-refractivity contribution >= 4 is 5.91 Å². The van der Waals surface area contributed by atoms with Crippen molar-refractivity contribution in [1.82, 2.24) is 20.2 Å². The summed E-state index contributed by atoms with van der Waals surface area (Å²) in [5, 5.41) is 2.82. The van der Waals surface area contributed by atoms with Crippen molar-refractivity contribution in [1.29, 1.82) is 0 Å². The summed E-state index contributed by atoms with van der Waals surface area (Å²) in [5.74, 6) is 0.232. The lowest BCUT2D eigenvalue weighted by atomic mass is 9.92. The Labute approximate surface area is 152 Å². The van der Waals surface area contributed by atoms with Crippen LogP contribution in [0.15, 0.2) is 36.7 Å². The van der Waals surface area contributed by atoms with Gasteiger partial charge in [0, 0.05) is 18.3 Å². The molecular weight excluding hydrogens is 335 g/mol. The molecular formula is C19H23FN4O2. The van der Waals surface area contributed by atoms with Gasteiger partial charge in [-0.05, 0) is 57.2 Å². The molecule has 26 heavy (non-hydrogen) atoms. The molecule has 1 saturated heterocycles. The van der Waals surface area contributed by atoms with Gasteiger partial charge in [-0.15, -0.1) is 0 Å². The molecule has 2 heterocycles. The van der Waals surface area contributed by atoms with Gasteiger partial charge in [-0.2, -0.15) is 0 Å². The first-order chi connectivity index (χ1) is 12.6. The van der Waals surface area contributed by atoms with E-state index in [1.54, 1.807) is 12.4 Å². The highest BCUT2D eigenvalue weighted by atomic mass is 19.1. The van der Waals surface area contributed by atoms with Crippen LogP contribution in [0.25, 0.3) is 0 Å². The lowest BCUT2D eigenvalue weighted by Crippen LogP contribution is -2.32. The summed E-state index contributed by atoms with van der Waals surface area (Å²) in [5.41, 5.74) is 1.78. The summed E-state index contributed by atoms with van der Waals surface area (Å²) in [6.07, 6.45) is 5.44. The van der Waals surface area contributed by atoms with Gasteiger partial charge in [0.1, 0.15) is 11.6 Å². The van der Waals surface area contributed by atoms with Crippen molar-refractivity contribution in [3.8, 4) is 5.75 Å². The molecule has 6 nitrogen and oxygen atoms in total. The summed E-state index contributed by atoms with van der Waals surface area (Å²) in [6.45, 7) is 2.27. The zero-order valence-electron chi connectivity index (χ0n) is 14.8. The molecule has 0 atom stereocenters. The van der Waals surface area contributed by atoms with Gasteiger partial charge in [-0.25, -0.2) is 4.39 Å². The van der Waals surface area contributed by atoms with Gasteiger partial charge >= 0.3 is 0 Å². The van der Waals surface area contributed by atoms with Crippen LogP contribution < -0.4 is 10.1 Å². The zero-order chi connectivity index (χ0) is 18.4. The minimum Gasteiger partial charge on any atom is -0.484 e. The quantitative estimate of drug-likeness (QED) is 0.857. The van der Waals surface area contributed by atoms with Crippen molar-refractivity contribution in [2.24, 2.45) is 0 Å². The normalized spacial score (nSPS) is 15.6. The Morgan fingerprint density at radius 2 is 1.92 bits per heavy atom. The van der Waals surface area contributed by atoms with Crippen LogP contribution in [0.3, 0.4) is 0 Å². The van der Waals surface area contributed by atoms with E-state index in [-0.39, 0.29) is 18.3 Å². The summed E-state index contributed by atoms with van der Waals surface area (Å²) in [7, 11) is 2.12. The zero-order valence-corrected chi connectivity index (χ0v) is 14.8. The third kappa shape index (κ3) is 4.98. The number of halogens is 1. The smallest absolute Gasteiger partial charge is 0.258 e. The third-order valence-electron chi connectivity index (χ3n) is 4.55. The molecule has 1 aromatic heterocycles. The first kappa shape index (κ1) is 18.3. The monoisotopic (exact) mass is 358 g/mol. The summed E-state index contributed by atoms with van der Waals surface area (Å²) >= 11 is 0. The number of hydrogen-bond acceptors (Lipinski definition) is 5. The molecule has 3 rings (SSSR count). The standard InChI is InChI=1S/C19H23FN4O2/c1-24-10-6-14(7-11-24)19-17(21-8-9-22-19)12-23-18(25)13-26-16-4-2-15(20)3-5-16/h2-5,8-9,14H,6-7,10-13H2,1H3,(H,23,25). The number of nitrogens with one attached hydrogen (secondary N) is 1. The lowest BCUT2D eigenvalue weighted by Gasteiger charge is -2.29. The highest BCUT2D eigenvalue weighted by Gasteiger charge is 2.22. The second kappa shape index (κ2) is 8.71.